The van der Waals surface area contributed by atoms with Crippen LogP contribution < -0.4 is 9.80 Å². The van der Waals surface area contributed by atoms with Gasteiger partial charge in [0.05, 0.1) is 46.9 Å². The van der Waals surface area contributed by atoms with E-state index in [4.69, 9.17) is 32.7 Å². The van der Waals surface area contributed by atoms with E-state index in [1.165, 1.54) is 48.8 Å². The molecule has 4 atom stereocenters. The highest BCUT2D eigenvalue weighted by Gasteiger charge is 2.37. The first kappa shape index (κ1) is 41.3. The lowest BCUT2D eigenvalue weighted by Crippen LogP contribution is -2.55. The summed E-state index contributed by atoms with van der Waals surface area (Å²) in [6, 6.07) is 5.41. The van der Waals surface area contributed by atoms with Crippen molar-refractivity contribution >= 4 is 77.9 Å². The van der Waals surface area contributed by atoms with Gasteiger partial charge in [-0.05, 0) is 87.2 Å². The summed E-state index contributed by atoms with van der Waals surface area (Å²) in [5.74, 6) is 2.56. The molecule has 316 valence electrons. The quantitative estimate of drug-likeness (QED) is 0.222. The standard InChI is InChI=1S/2C20H28ClN5O2S/c2*21-20-22-16-10-15(29-18(16)19(23-20)26-6-8-28-9-7-26)12-24-5-2-17(14(11-24)13-27)25-3-1-4-25/h2*10,14,17,27H,1-9,11-13H2/t14-,17+;14-,17-/m10/s1. The van der Waals surface area contributed by atoms with E-state index in [-0.39, 0.29) is 13.2 Å². The second kappa shape index (κ2) is 18.9. The van der Waals surface area contributed by atoms with Crippen molar-refractivity contribution in [1.82, 2.24) is 39.5 Å². The third-order valence-electron chi connectivity index (χ3n) is 12.9. The second-order valence-corrected chi connectivity index (χ2v) is 19.5. The lowest BCUT2D eigenvalue weighted by molar-refractivity contribution is -0.00296. The predicted octanol–water partition coefficient (Wildman–Crippen LogP) is 4.14. The monoisotopic (exact) mass is 874 g/mol. The molecule has 2 N–H and O–H groups in total. The van der Waals surface area contributed by atoms with Crippen molar-refractivity contribution in [2.75, 3.05) is 128 Å². The number of thiophene rings is 2. The Morgan fingerprint density at radius 1 is 0.586 bits per heavy atom. The van der Waals surface area contributed by atoms with Crippen LogP contribution in [-0.4, -0.2) is 180 Å². The van der Waals surface area contributed by atoms with Crippen LogP contribution >= 0.6 is 45.9 Å². The molecule has 10 heterocycles. The summed E-state index contributed by atoms with van der Waals surface area (Å²) in [7, 11) is 0. The Balaban J connectivity index is 0.000000150. The topological polar surface area (TPSA) is 130 Å². The zero-order valence-electron chi connectivity index (χ0n) is 33.2. The molecular weight excluding hydrogens is 820 g/mol. The van der Waals surface area contributed by atoms with Crippen LogP contribution in [0.5, 0.6) is 0 Å². The van der Waals surface area contributed by atoms with Gasteiger partial charge in [0, 0.05) is 112 Å². The minimum Gasteiger partial charge on any atom is -0.396 e. The van der Waals surface area contributed by atoms with E-state index in [0.717, 1.165) is 137 Å². The normalized spacial score (nSPS) is 26.8. The van der Waals surface area contributed by atoms with E-state index in [1.54, 1.807) is 22.7 Å². The van der Waals surface area contributed by atoms with Gasteiger partial charge in [0.25, 0.3) is 0 Å². The molecule has 6 aliphatic heterocycles. The van der Waals surface area contributed by atoms with Crippen LogP contribution in [0.2, 0.25) is 10.6 Å². The summed E-state index contributed by atoms with van der Waals surface area (Å²) < 4.78 is 13.2. The van der Waals surface area contributed by atoms with Crippen LogP contribution in [0.3, 0.4) is 0 Å². The lowest BCUT2D eigenvalue weighted by atomic mass is 9.89. The Kier molecular flexibility index (Phi) is 13.5. The molecular formula is C40H56Cl2N10O4S2. The van der Waals surface area contributed by atoms with Gasteiger partial charge in [-0.2, -0.15) is 9.97 Å². The van der Waals surface area contributed by atoms with Gasteiger partial charge in [-0.1, -0.05) is 0 Å². The molecule has 6 aliphatic rings. The van der Waals surface area contributed by atoms with E-state index < -0.39 is 0 Å². The van der Waals surface area contributed by atoms with Crippen molar-refractivity contribution in [3.05, 3.63) is 32.5 Å². The molecule has 6 saturated heterocycles. The number of hydrogen-bond donors (Lipinski definition) is 2. The minimum absolute atomic E-state index is 0.270. The van der Waals surface area contributed by atoms with Crippen LogP contribution in [0.25, 0.3) is 20.4 Å². The molecule has 4 aromatic rings. The zero-order valence-corrected chi connectivity index (χ0v) is 36.3. The molecule has 0 spiro atoms. The Bertz CT molecular complexity index is 1850. The fourth-order valence-corrected chi connectivity index (χ4v) is 12.2. The van der Waals surface area contributed by atoms with Gasteiger partial charge in [-0.25, -0.2) is 9.97 Å². The maximum absolute atomic E-state index is 9.94. The SMILES string of the molecule is OC[C@@H]1CN(Cc2cc3nc(Cl)nc(N4CCOCC4)c3s2)CC[C@@H]1N1CCC1.OC[C@H]1CN(Cc2cc3nc(Cl)nc(N4CCOCC4)c3s2)CC[C@@H]1N1CCC1. The summed E-state index contributed by atoms with van der Waals surface area (Å²) >= 11 is 16.0. The fraction of sp³-hybridized carbons (Fsp3) is 0.700. The van der Waals surface area contributed by atoms with Crippen molar-refractivity contribution in [2.45, 2.75) is 50.9 Å². The average Bonchev–Trinajstić information content (AvgIpc) is 3.80. The van der Waals surface area contributed by atoms with Crippen LogP contribution in [0.4, 0.5) is 11.6 Å². The number of fused-ring (bicyclic) bond motifs is 2. The summed E-state index contributed by atoms with van der Waals surface area (Å²) in [5, 5.41) is 20.5. The number of nitrogens with zero attached hydrogens (tertiary/aromatic N) is 10. The number of aromatic nitrogens is 4. The predicted molar refractivity (Wildman–Crippen MR) is 232 cm³/mol. The first-order valence-electron chi connectivity index (χ1n) is 21.1. The summed E-state index contributed by atoms with van der Waals surface area (Å²) in [5.41, 5.74) is 1.86. The van der Waals surface area contributed by atoms with Gasteiger partial charge in [0.1, 0.15) is 0 Å². The lowest BCUT2D eigenvalue weighted by Gasteiger charge is -2.47. The molecule has 0 unspecified atom stereocenters. The molecule has 0 radical (unpaired) electrons. The minimum atomic E-state index is 0.270. The summed E-state index contributed by atoms with van der Waals surface area (Å²) in [6.45, 7) is 17.4. The Morgan fingerprint density at radius 3 is 1.36 bits per heavy atom. The highest BCUT2D eigenvalue weighted by molar-refractivity contribution is 7.20. The van der Waals surface area contributed by atoms with E-state index in [9.17, 15) is 10.2 Å². The maximum atomic E-state index is 9.94. The highest BCUT2D eigenvalue weighted by atomic mass is 35.5. The molecule has 6 fully saturated rings. The number of hydrogen-bond acceptors (Lipinski definition) is 16. The van der Waals surface area contributed by atoms with Crippen molar-refractivity contribution in [1.29, 1.82) is 0 Å². The maximum Gasteiger partial charge on any atom is 0.224 e. The van der Waals surface area contributed by atoms with Gasteiger partial charge in [-0.3, -0.25) is 19.6 Å². The van der Waals surface area contributed by atoms with Crippen LogP contribution in [0.15, 0.2) is 12.1 Å². The third kappa shape index (κ3) is 9.24. The molecule has 4 aromatic heterocycles. The van der Waals surface area contributed by atoms with Crippen molar-refractivity contribution < 1.29 is 19.7 Å². The van der Waals surface area contributed by atoms with E-state index in [0.29, 0.717) is 34.5 Å². The highest BCUT2D eigenvalue weighted by Crippen LogP contribution is 2.37. The number of ether oxygens (including phenoxy) is 2. The van der Waals surface area contributed by atoms with Gasteiger partial charge in [-0.15, -0.1) is 22.7 Å². The summed E-state index contributed by atoms with van der Waals surface area (Å²) in [4.78, 5) is 35.1. The number of rotatable bonds is 10. The molecule has 0 aromatic carbocycles. The average molecular weight is 876 g/mol. The Hall–Kier alpha value is -2.06. The van der Waals surface area contributed by atoms with Gasteiger partial charge >= 0.3 is 0 Å². The number of morpholine rings is 2. The molecule has 14 nitrogen and oxygen atoms in total. The van der Waals surface area contributed by atoms with E-state index in [1.807, 2.05) is 0 Å². The van der Waals surface area contributed by atoms with Gasteiger partial charge in [0.2, 0.25) is 10.6 Å². The summed E-state index contributed by atoms with van der Waals surface area (Å²) in [6.07, 6.45) is 4.88. The fourth-order valence-electron chi connectivity index (χ4n) is 9.59. The molecule has 10 rings (SSSR count). The molecule has 58 heavy (non-hydrogen) atoms. The van der Waals surface area contributed by atoms with Gasteiger partial charge < -0.3 is 29.5 Å². The van der Waals surface area contributed by atoms with Crippen LogP contribution in [0.1, 0.15) is 35.4 Å². The van der Waals surface area contributed by atoms with Gasteiger partial charge in [0.15, 0.2) is 11.6 Å². The third-order valence-corrected chi connectivity index (χ3v) is 15.4. The van der Waals surface area contributed by atoms with Crippen molar-refractivity contribution in [2.24, 2.45) is 11.8 Å². The van der Waals surface area contributed by atoms with E-state index in [2.05, 4.69) is 61.5 Å². The molecule has 0 aliphatic carbocycles. The molecule has 0 saturated carbocycles. The number of aliphatic hydroxyl groups excluding tert-OH is 2. The number of halogens is 2. The van der Waals surface area contributed by atoms with Crippen molar-refractivity contribution in [3.8, 4) is 0 Å². The first-order valence-corrected chi connectivity index (χ1v) is 23.5. The Morgan fingerprint density at radius 2 is 1.00 bits per heavy atom. The number of piperidine rings is 2. The zero-order chi connectivity index (χ0) is 39.6. The molecule has 0 amide bonds. The smallest absolute Gasteiger partial charge is 0.224 e. The largest absolute Gasteiger partial charge is 0.396 e. The number of anilines is 2. The Labute approximate surface area is 358 Å². The van der Waals surface area contributed by atoms with Crippen LogP contribution in [-0.2, 0) is 22.6 Å². The van der Waals surface area contributed by atoms with Crippen LogP contribution in [0, 0.1) is 11.8 Å². The number of likely N-dealkylation sites (tertiary alicyclic amines) is 4. The number of aliphatic hydroxyl groups is 2. The van der Waals surface area contributed by atoms with E-state index >= 15 is 0 Å². The first-order chi connectivity index (χ1) is 28.4. The van der Waals surface area contributed by atoms with Crippen molar-refractivity contribution in [3.63, 3.8) is 0 Å². The molecule has 18 heteroatoms. The second-order valence-electron chi connectivity index (χ2n) is 16.5. The molecule has 0 bridgehead atoms.